The average Bonchev–Trinajstić information content (AvgIpc) is 2.98. The maximum atomic E-state index is 14.5. The summed E-state index contributed by atoms with van der Waals surface area (Å²) in [5, 5.41) is 0. The molecule has 0 fully saturated rings. The maximum Gasteiger partial charge on any atom is 0.242 e. The molecule has 0 saturated carbocycles. The first-order chi connectivity index (χ1) is 15.4. The number of fused-ring (bicyclic) bond motifs is 4. The van der Waals surface area contributed by atoms with Crippen LogP contribution in [0.4, 0.5) is 10.1 Å². The molecule has 0 N–H and O–H groups in total. The molecule has 2 aliphatic rings. The van der Waals surface area contributed by atoms with Crippen molar-refractivity contribution in [1.82, 2.24) is 0 Å². The van der Waals surface area contributed by atoms with E-state index in [9.17, 15) is 9.18 Å². The van der Waals surface area contributed by atoms with Crippen molar-refractivity contribution >= 4 is 11.6 Å². The molecular weight excluding hydrogens is 405 g/mol. The second-order valence-corrected chi connectivity index (χ2v) is 9.03. The number of anilines is 1. The summed E-state index contributed by atoms with van der Waals surface area (Å²) in [6.45, 7) is 6.66. The van der Waals surface area contributed by atoms with Gasteiger partial charge in [0.15, 0.2) is 0 Å². The number of hydrogen-bond acceptors (Lipinski definition) is 3. The third-order valence-electron chi connectivity index (χ3n) is 6.35. The van der Waals surface area contributed by atoms with Crippen LogP contribution in [0.15, 0.2) is 66.7 Å². The zero-order valence-electron chi connectivity index (χ0n) is 18.5. The number of carbonyl (C=O) groups is 1. The second-order valence-electron chi connectivity index (χ2n) is 9.03. The van der Waals surface area contributed by atoms with Crippen LogP contribution in [0.5, 0.6) is 11.5 Å². The molecule has 2 heterocycles. The molecule has 2 aliphatic heterocycles. The standard InChI is InChI=1S/C27H26FNO3/c1-4-31-19-13-14-21-24(15-19)32-26(2,3)17-27(21)20-10-6-8-12-23(20)29(25(27)30)16-18-9-5-7-11-22(18)28/h5-15H,4,16-17H2,1-3H3. The van der Waals surface area contributed by atoms with Crippen LogP contribution < -0.4 is 14.4 Å². The van der Waals surface area contributed by atoms with Crippen LogP contribution in [0.3, 0.4) is 0 Å². The zero-order valence-corrected chi connectivity index (χ0v) is 18.5. The van der Waals surface area contributed by atoms with Crippen molar-refractivity contribution in [2.45, 2.75) is 44.8 Å². The number of hydrogen-bond donors (Lipinski definition) is 0. The van der Waals surface area contributed by atoms with Crippen molar-refractivity contribution in [2.24, 2.45) is 0 Å². The average molecular weight is 432 g/mol. The number of nitrogens with zero attached hydrogens (tertiary/aromatic N) is 1. The Hall–Kier alpha value is -3.34. The molecule has 1 amide bonds. The quantitative estimate of drug-likeness (QED) is 0.538. The van der Waals surface area contributed by atoms with E-state index >= 15 is 0 Å². The third-order valence-corrected chi connectivity index (χ3v) is 6.35. The van der Waals surface area contributed by atoms with Gasteiger partial charge in [0.1, 0.15) is 28.3 Å². The highest BCUT2D eigenvalue weighted by Gasteiger charge is 2.58. The summed E-state index contributed by atoms with van der Waals surface area (Å²) in [6.07, 6.45) is 0.491. The van der Waals surface area contributed by atoms with Crippen LogP contribution in [0.1, 0.15) is 43.9 Å². The minimum absolute atomic E-state index is 0.0521. The fourth-order valence-corrected chi connectivity index (χ4v) is 5.17. The van der Waals surface area contributed by atoms with Crippen LogP contribution in [-0.4, -0.2) is 18.1 Å². The topological polar surface area (TPSA) is 38.8 Å². The maximum absolute atomic E-state index is 14.5. The number of rotatable bonds is 4. The minimum Gasteiger partial charge on any atom is -0.494 e. The van der Waals surface area contributed by atoms with Crippen molar-refractivity contribution in [2.75, 3.05) is 11.5 Å². The van der Waals surface area contributed by atoms with Crippen LogP contribution in [0.2, 0.25) is 0 Å². The molecule has 0 saturated heterocycles. The lowest BCUT2D eigenvalue weighted by atomic mass is 9.67. The number of ether oxygens (including phenoxy) is 2. The summed E-state index contributed by atoms with van der Waals surface area (Å²) >= 11 is 0. The van der Waals surface area contributed by atoms with Crippen LogP contribution in [0.25, 0.3) is 0 Å². The first-order valence-electron chi connectivity index (χ1n) is 11.0. The first kappa shape index (κ1) is 20.6. The summed E-state index contributed by atoms with van der Waals surface area (Å²) in [6, 6.07) is 20.1. The van der Waals surface area contributed by atoms with Gasteiger partial charge in [-0.15, -0.1) is 0 Å². The predicted molar refractivity (Wildman–Crippen MR) is 122 cm³/mol. The summed E-state index contributed by atoms with van der Waals surface area (Å²) in [5.74, 6) is 1.00. The van der Waals surface area contributed by atoms with Gasteiger partial charge in [-0.1, -0.05) is 42.5 Å². The van der Waals surface area contributed by atoms with Gasteiger partial charge in [-0.3, -0.25) is 4.79 Å². The number of benzene rings is 3. The van der Waals surface area contributed by atoms with Gasteiger partial charge >= 0.3 is 0 Å². The van der Waals surface area contributed by atoms with Crippen molar-refractivity contribution in [3.63, 3.8) is 0 Å². The monoisotopic (exact) mass is 431 g/mol. The molecule has 0 aliphatic carbocycles. The molecule has 0 radical (unpaired) electrons. The molecule has 0 bridgehead atoms. The zero-order chi connectivity index (χ0) is 22.5. The highest BCUT2D eigenvalue weighted by Crippen LogP contribution is 2.56. The Labute approximate surface area is 187 Å². The summed E-state index contributed by atoms with van der Waals surface area (Å²) in [5.41, 5.74) is 1.60. The number of halogens is 1. The highest BCUT2D eigenvalue weighted by molar-refractivity contribution is 6.11. The Morgan fingerprint density at radius 3 is 2.56 bits per heavy atom. The van der Waals surface area contributed by atoms with Gasteiger partial charge in [-0.25, -0.2) is 4.39 Å². The van der Waals surface area contributed by atoms with E-state index in [1.54, 1.807) is 23.1 Å². The van der Waals surface area contributed by atoms with E-state index in [-0.39, 0.29) is 18.3 Å². The number of para-hydroxylation sites is 1. The van der Waals surface area contributed by atoms with Gasteiger partial charge in [0, 0.05) is 29.3 Å². The Balaban J connectivity index is 1.69. The molecule has 0 aromatic heterocycles. The summed E-state index contributed by atoms with van der Waals surface area (Å²) in [7, 11) is 0. The van der Waals surface area contributed by atoms with Crippen molar-refractivity contribution in [1.29, 1.82) is 0 Å². The Morgan fingerprint density at radius 1 is 1.03 bits per heavy atom. The molecule has 3 aromatic carbocycles. The molecule has 5 heteroatoms. The van der Waals surface area contributed by atoms with Gasteiger partial charge in [0.05, 0.1) is 13.2 Å². The molecule has 32 heavy (non-hydrogen) atoms. The first-order valence-corrected chi connectivity index (χ1v) is 11.0. The van der Waals surface area contributed by atoms with Crippen LogP contribution >= 0.6 is 0 Å². The van der Waals surface area contributed by atoms with Gasteiger partial charge in [0.2, 0.25) is 5.91 Å². The van der Waals surface area contributed by atoms with Gasteiger partial charge < -0.3 is 14.4 Å². The fraction of sp³-hybridized carbons (Fsp3) is 0.296. The van der Waals surface area contributed by atoms with E-state index < -0.39 is 11.0 Å². The lowest BCUT2D eigenvalue weighted by molar-refractivity contribution is -0.124. The van der Waals surface area contributed by atoms with E-state index in [4.69, 9.17) is 9.47 Å². The minimum atomic E-state index is -0.899. The highest BCUT2D eigenvalue weighted by atomic mass is 19.1. The molecule has 4 nitrogen and oxygen atoms in total. The lowest BCUT2D eigenvalue weighted by Crippen LogP contribution is -2.50. The van der Waals surface area contributed by atoms with Gasteiger partial charge in [-0.05, 0) is 44.5 Å². The third kappa shape index (κ3) is 3.07. The van der Waals surface area contributed by atoms with Crippen molar-refractivity contribution in [3.05, 3.63) is 89.2 Å². The fourth-order valence-electron chi connectivity index (χ4n) is 5.17. The summed E-state index contributed by atoms with van der Waals surface area (Å²) in [4.78, 5) is 16.0. The van der Waals surface area contributed by atoms with Crippen molar-refractivity contribution < 1.29 is 18.7 Å². The molecular formula is C27H26FNO3. The Kier molecular flexibility index (Phi) is 4.73. The smallest absolute Gasteiger partial charge is 0.242 e. The molecule has 3 aromatic rings. The Morgan fingerprint density at radius 2 is 1.78 bits per heavy atom. The number of amides is 1. The second kappa shape index (κ2) is 7.37. The molecule has 164 valence electrons. The lowest BCUT2D eigenvalue weighted by Gasteiger charge is -2.43. The van der Waals surface area contributed by atoms with E-state index in [1.165, 1.54) is 6.07 Å². The predicted octanol–water partition coefficient (Wildman–Crippen LogP) is 5.62. The van der Waals surface area contributed by atoms with Crippen molar-refractivity contribution in [3.8, 4) is 11.5 Å². The van der Waals surface area contributed by atoms with Gasteiger partial charge in [-0.2, -0.15) is 0 Å². The summed E-state index contributed by atoms with van der Waals surface area (Å²) < 4.78 is 26.5. The van der Waals surface area contributed by atoms with E-state index in [2.05, 4.69) is 0 Å². The van der Waals surface area contributed by atoms with E-state index in [0.717, 1.165) is 16.8 Å². The van der Waals surface area contributed by atoms with E-state index in [1.807, 2.05) is 63.2 Å². The normalized spacial score (nSPS) is 20.6. The molecule has 1 atom stereocenters. The van der Waals surface area contributed by atoms with Crippen LogP contribution in [-0.2, 0) is 16.8 Å². The van der Waals surface area contributed by atoms with Crippen LogP contribution in [0, 0.1) is 5.82 Å². The molecule has 1 unspecified atom stereocenters. The van der Waals surface area contributed by atoms with E-state index in [0.29, 0.717) is 30.1 Å². The van der Waals surface area contributed by atoms with Gasteiger partial charge in [0.25, 0.3) is 0 Å². The molecule has 5 rings (SSSR count). The Bertz CT molecular complexity index is 1210. The SMILES string of the molecule is CCOc1ccc2c(c1)OC(C)(C)CC21C(=O)N(Cc2ccccc2F)c2ccccc21. The number of carbonyl (C=O) groups excluding carboxylic acids is 1. The largest absolute Gasteiger partial charge is 0.494 e. The molecule has 1 spiro atoms.